The molecular weight excluding hydrogens is 262 g/mol. The molecule has 116 valence electrons. The summed E-state index contributed by atoms with van der Waals surface area (Å²) in [6, 6.07) is 5.97. The van der Waals surface area contributed by atoms with Crippen LogP contribution in [0.2, 0.25) is 0 Å². The van der Waals surface area contributed by atoms with Crippen LogP contribution in [0.5, 0.6) is 0 Å². The second kappa shape index (κ2) is 6.06. The van der Waals surface area contributed by atoms with Crippen molar-refractivity contribution in [1.29, 1.82) is 0 Å². The van der Waals surface area contributed by atoms with Gasteiger partial charge in [-0.2, -0.15) is 0 Å². The van der Waals surface area contributed by atoms with Crippen LogP contribution in [0.3, 0.4) is 0 Å². The predicted molar refractivity (Wildman–Crippen MR) is 88.1 cm³/mol. The second-order valence-corrected chi connectivity index (χ2v) is 6.73. The van der Waals surface area contributed by atoms with Crippen LogP contribution in [0.4, 0.5) is 5.69 Å². The molecule has 1 aliphatic rings. The van der Waals surface area contributed by atoms with Crippen molar-refractivity contribution in [3.63, 3.8) is 0 Å². The van der Waals surface area contributed by atoms with Crippen molar-refractivity contribution in [2.45, 2.75) is 33.2 Å². The van der Waals surface area contributed by atoms with Crippen LogP contribution in [0.1, 0.15) is 36.7 Å². The molecule has 4 heteroatoms. The minimum absolute atomic E-state index is 0.0257. The maximum absolute atomic E-state index is 11.7. The van der Waals surface area contributed by atoms with E-state index in [-0.39, 0.29) is 11.4 Å². The van der Waals surface area contributed by atoms with Crippen LogP contribution in [-0.2, 0) is 0 Å². The molecule has 1 fully saturated rings. The van der Waals surface area contributed by atoms with E-state index in [1.807, 2.05) is 12.1 Å². The summed E-state index contributed by atoms with van der Waals surface area (Å²) in [5.74, 6) is -0.0257. The van der Waals surface area contributed by atoms with Crippen molar-refractivity contribution in [2.75, 3.05) is 38.1 Å². The predicted octanol–water partition coefficient (Wildman–Crippen LogP) is 2.28. The number of aryl methyl sites for hydroxylation is 1. The molecule has 1 aliphatic heterocycles. The number of piperazine rings is 1. The highest BCUT2D eigenvalue weighted by molar-refractivity contribution is 5.94. The molecule has 2 rings (SSSR count). The van der Waals surface area contributed by atoms with Crippen LogP contribution in [0, 0.1) is 6.92 Å². The van der Waals surface area contributed by atoms with Gasteiger partial charge >= 0.3 is 0 Å². The highest BCUT2D eigenvalue weighted by atomic mass is 16.1. The SMILES string of the molecule is CNC(=O)c1ccc(N2CCN(C(C)(C)C)CC2)c(C)c1. The number of carbonyl (C=O) groups is 1. The third-order valence-electron chi connectivity index (χ3n) is 4.26. The van der Waals surface area contributed by atoms with Gasteiger partial charge < -0.3 is 10.2 Å². The molecule has 0 atom stereocenters. The molecule has 0 aromatic heterocycles. The van der Waals surface area contributed by atoms with E-state index in [1.165, 1.54) is 11.3 Å². The van der Waals surface area contributed by atoms with Gasteiger partial charge in [0.15, 0.2) is 0 Å². The molecule has 0 saturated carbocycles. The number of nitrogens with zero attached hydrogens (tertiary/aromatic N) is 2. The molecule has 1 N–H and O–H groups in total. The third kappa shape index (κ3) is 3.56. The molecule has 1 saturated heterocycles. The lowest BCUT2D eigenvalue weighted by Crippen LogP contribution is -2.53. The van der Waals surface area contributed by atoms with Crippen LogP contribution in [0.25, 0.3) is 0 Å². The second-order valence-electron chi connectivity index (χ2n) is 6.73. The van der Waals surface area contributed by atoms with E-state index >= 15 is 0 Å². The highest BCUT2D eigenvalue weighted by Crippen LogP contribution is 2.24. The summed E-state index contributed by atoms with van der Waals surface area (Å²) in [5.41, 5.74) is 3.38. The lowest BCUT2D eigenvalue weighted by Gasteiger charge is -2.43. The molecule has 21 heavy (non-hydrogen) atoms. The van der Waals surface area contributed by atoms with Crippen LogP contribution in [0.15, 0.2) is 18.2 Å². The van der Waals surface area contributed by atoms with Gasteiger partial charge in [-0.1, -0.05) is 0 Å². The molecule has 0 bridgehead atoms. The maximum atomic E-state index is 11.7. The Morgan fingerprint density at radius 1 is 1.14 bits per heavy atom. The summed E-state index contributed by atoms with van der Waals surface area (Å²) in [5, 5.41) is 2.67. The van der Waals surface area contributed by atoms with Crippen molar-refractivity contribution in [3.8, 4) is 0 Å². The first-order valence-corrected chi connectivity index (χ1v) is 7.65. The number of anilines is 1. The smallest absolute Gasteiger partial charge is 0.251 e. The lowest BCUT2D eigenvalue weighted by molar-refractivity contribution is 0.0963. The standard InChI is InChI=1S/C17H27N3O/c1-13-12-14(16(21)18-5)6-7-15(13)19-8-10-20(11-9-19)17(2,3)4/h6-7,12H,8-11H2,1-5H3,(H,18,21). The zero-order valence-electron chi connectivity index (χ0n) is 13.9. The van der Waals surface area contributed by atoms with Gasteiger partial charge in [-0.15, -0.1) is 0 Å². The van der Waals surface area contributed by atoms with E-state index in [1.54, 1.807) is 7.05 Å². The highest BCUT2D eigenvalue weighted by Gasteiger charge is 2.26. The minimum Gasteiger partial charge on any atom is -0.369 e. The fourth-order valence-electron chi connectivity index (χ4n) is 2.91. The summed E-state index contributed by atoms with van der Waals surface area (Å²) in [7, 11) is 1.66. The van der Waals surface area contributed by atoms with E-state index in [4.69, 9.17) is 0 Å². The Balaban J connectivity index is 2.09. The first-order chi connectivity index (χ1) is 9.82. The van der Waals surface area contributed by atoms with Crippen LogP contribution in [-0.4, -0.2) is 49.6 Å². The molecule has 0 unspecified atom stereocenters. The monoisotopic (exact) mass is 289 g/mol. The van der Waals surface area contributed by atoms with E-state index in [2.05, 4.69) is 48.9 Å². The van der Waals surface area contributed by atoms with Crippen molar-refractivity contribution in [3.05, 3.63) is 29.3 Å². The summed E-state index contributed by atoms with van der Waals surface area (Å²) in [6.45, 7) is 13.1. The van der Waals surface area contributed by atoms with Gasteiger partial charge in [0.05, 0.1) is 0 Å². The first-order valence-electron chi connectivity index (χ1n) is 7.65. The average molecular weight is 289 g/mol. The third-order valence-corrected chi connectivity index (χ3v) is 4.26. The molecule has 0 aliphatic carbocycles. The van der Waals surface area contributed by atoms with Gasteiger partial charge in [0.2, 0.25) is 0 Å². The molecule has 1 aromatic rings. The summed E-state index contributed by atoms with van der Waals surface area (Å²) in [4.78, 5) is 16.6. The molecule has 1 aromatic carbocycles. The number of hydrogen-bond acceptors (Lipinski definition) is 3. The van der Waals surface area contributed by atoms with Gasteiger partial charge in [0.25, 0.3) is 5.91 Å². The van der Waals surface area contributed by atoms with Crippen molar-refractivity contribution in [1.82, 2.24) is 10.2 Å². The molecule has 0 spiro atoms. The normalized spacial score (nSPS) is 16.9. The number of benzene rings is 1. The van der Waals surface area contributed by atoms with Gasteiger partial charge in [0.1, 0.15) is 0 Å². The van der Waals surface area contributed by atoms with Crippen molar-refractivity contribution < 1.29 is 4.79 Å². The quantitative estimate of drug-likeness (QED) is 0.907. The number of hydrogen-bond donors (Lipinski definition) is 1. The van der Waals surface area contributed by atoms with Crippen LogP contribution < -0.4 is 10.2 Å². The summed E-state index contributed by atoms with van der Waals surface area (Å²) >= 11 is 0. The fourth-order valence-corrected chi connectivity index (χ4v) is 2.91. The number of rotatable bonds is 2. The largest absolute Gasteiger partial charge is 0.369 e. The molecule has 0 radical (unpaired) electrons. The van der Waals surface area contributed by atoms with Crippen molar-refractivity contribution >= 4 is 11.6 Å². The summed E-state index contributed by atoms with van der Waals surface area (Å²) < 4.78 is 0. The van der Waals surface area contributed by atoms with E-state index in [9.17, 15) is 4.79 Å². The maximum Gasteiger partial charge on any atom is 0.251 e. The molecular formula is C17H27N3O. The Labute approximate surface area is 128 Å². The minimum atomic E-state index is -0.0257. The van der Waals surface area contributed by atoms with Crippen molar-refractivity contribution in [2.24, 2.45) is 0 Å². The topological polar surface area (TPSA) is 35.6 Å². The molecule has 1 heterocycles. The van der Waals surface area contributed by atoms with E-state index in [0.29, 0.717) is 0 Å². The first kappa shape index (κ1) is 15.8. The Morgan fingerprint density at radius 2 is 1.76 bits per heavy atom. The van der Waals surface area contributed by atoms with Gasteiger partial charge in [-0.3, -0.25) is 9.69 Å². The van der Waals surface area contributed by atoms with E-state index in [0.717, 1.165) is 31.7 Å². The summed E-state index contributed by atoms with van der Waals surface area (Å²) in [6.07, 6.45) is 0. The van der Waals surface area contributed by atoms with E-state index < -0.39 is 0 Å². The Kier molecular flexibility index (Phi) is 4.57. The van der Waals surface area contributed by atoms with Gasteiger partial charge in [-0.05, 0) is 51.5 Å². The lowest BCUT2D eigenvalue weighted by atomic mass is 10.0. The average Bonchev–Trinajstić information content (AvgIpc) is 2.45. The van der Waals surface area contributed by atoms with Gasteiger partial charge in [-0.25, -0.2) is 0 Å². The number of amides is 1. The molecule has 4 nitrogen and oxygen atoms in total. The van der Waals surface area contributed by atoms with Crippen LogP contribution >= 0.6 is 0 Å². The molecule has 1 amide bonds. The Hall–Kier alpha value is -1.55. The number of carbonyl (C=O) groups excluding carboxylic acids is 1. The Bertz CT molecular complexity index is 511. The zero-order valence-corrected chi connectivity index (χ0v) is 13.9. The van der Waals surface area contributed by atoms with Gasteiger partial charge in [0, 0.05) is 50.0 Å². The fraction of sp³-hybridized carbons (Fsp3) is 0.588. The zero-order chi connectivity index (χ0) is 15.6. The Morgan fingerprint density at radius 3 is 2.24 bits per heavy atom. The number of nitrogens with one attached hydrogen (secondary N) is 1.